The maximum absolute atomic E-state index is 12.8. The molecule has 174 valence electrons. The Labute approximate surface area is 198 Å². The average Bonchev–Trinajstić information content (AvgIpc) is 2.75. The second kappa shape index (κ2) is 10.5. The van der Waals surface area contributed by atoms with Gasteiger partial charge in [-0.2, -0.15) is 13.2 Å². The van der Waals surface area contributed by atoms with E-state index < -0.39 is 21.8 Å². The van der Waals surface area contributed by atoms with E-state index in [4.69, 9.17) is 11.6 Å². The summed E-state index contributed by atoms with van der Waals surface area (Å²) in [7, 11) is -4.11. The minimum absolute atomic E-state index is 0.157. The lowest BCUT2D eigenvalue weighted by molar-refractivity contribution is -0.137. The third kappa shape index (κ3) is 7.41. The van der Waals surface area contributed by atoms with Gasteiger partial charge in [-0.15, -0.1) is 11.8 Å². The number of benzene rings is 3. The highest BCUT2D eigenvalue weighted by Crippen LogP contribution is 2.31. The summed E-state index contributed by atoms with van der Waals surface area (Å²) in [5, 5.41) is 3.30. The Balaban J connectivity index is 1.56. The molecule has 0 spiro atoms. The number of carbonyl (C=O) groups is 1. The lowest BCUT2D eigenvalue weighted by Gasteiger charge is -2.12. The summed E-state index contributed by atoms with van der Waals surface area (Å²) < 4.78 is 65.6. The molecule has 0 saturated heterocycles. The third-order valence-electron chi connectivity index (χ3n) is 4.31. The molecule has 0 unspecified atom stereocenters. The normalized spacial score (nSPS) is 11.8. The highest BCUT2D eigenvalue weighted by Gasteiger charge is 2.30. The van der Waals surface area contributed by atoms with E-state index in [9.17, 15) is 26.4 Å². The number of amides is 1. The summed E-state index contributed by atoms with van der Waals surface area (Å²) in [6, 6.07) is 16.5. The van der Waals surface area contributed by atoms with E-state index in [2.05, 4.69) is 10.0 Å². The van der Waals surface area contributed by atoms with Crippen molar-refractivity contribution in [2.75, 3.05) is 15.8 Å². The Bertz CT molecular complexity index is 1220. The largest absolute Gasteiger partial charge is 0.416 e. The fourth-order valence-electron chi connectivity index (χ4n) is 2.73. The monoisotopic (exact) mass is 514 g/mol. The Morgan fingerprint density at radius 3 is 2.24 bits per heavy atom. The van der Waals surface area contributed by atoms with Crippen LogP contribution in [0.4, 0.5) is 24.5 Å². The van der Waals surface area contributed by atoms with E-state index >= 15 is 0 Å². The molecule has 11 heteroatoms. The van der Waals surface area contributed by atoms with E-state index in [0.29, 0.717) is 22.5 Å². The first kappa shape index (κ1) is 24.9. The smallest absolute Gasteiger partial charge is 0.325 e. The first-order chi connectivity index (χ1) is 15.5. The molecule has 5 nitrogen and oxygen atoms in total. The zero-order valence-corrected chi connectivity index (χ0v) is 19.3. The number of nitrogens with one attached hydrogen (secondary N) is 2. The van der Waals surface area contributed by atoms with Crippen molar-refractivity contribution in [3.05, 3.63) is 88.9 Å². The van der Waals surface area contributed by atoms with E-state index in [1.807, 2.05) is 12.1 Å². The van der Waals surface area contributed by atoms with Crippen LogP contribution in [-0.2, 0) is 26.7 Å². The van der Waals surface area contributed by atoms with Gasteiger partial charge in [0.05, 0.1) is 16.2 Å². The molecule has 0 heterocycles. The number of carbonyl (C=O) groups excluding carboxylic acids is 1. The zero-order chi connectivity index (χ0) is 24.1. The summed E-state index contributed by atoms with van der Waals surface area (Å²) in [4.78, 5) is 12.0. The van der Waals surface area contributed by atoms with Crippen molar-refractivity contribution in [1.29, 1.82) is 0 Å². The molecule has 0 fully saturated rings. The van der Waals surface area contributed by atoms with Crippen molar-refractivity contribution in [3.63, 3.8) is 0 Å². The van der Waals surface area contributed by atoms with Crippen molar-refractivity contribution in [2.24, 2.45) is 0 Å². The van der Waals surface area contributed by atoms with Crippen molar-refractivity contribution >= 4 is 50.7 Å². The molecule has 0 aromatic heterocycles. The number of hydrogen-bond acceptors (Lipinski definition) is 4. The Morgan fingerprint density at radius 1 is 0.939 bits per heavy atom. The molecule has 1 amide bonds. The van der Waals surface area contributed by atoms with Gasteiger partial charge in [-0.3, -0.25) is 9.52 Å². The number of rotatable bonds is 8. The quantitative estimate of drug-likeness (QED) is 0.385. The highest BCUT2D eigenvalue weighted by molar-refractivity contribution is 7.99. The first-order valence-corrected chi connectivity index (χ1v) is 12.5. The van der Waals surface area contributed by atoms with Crippen LogP contribution in [0.25, 0.3) is 0 Å². The molecule has 2 N–H and O–H groups in total. The van der Waals surface area contributed by atoms with Crippen LogP contribution in [0, 0.1) is 0 Å². The second-order valence-electron chi connectivity index (χ2n) is 6.88. The van der Waals surface area contributed by atoms with Crippen molar-refractivity contribution in [2.45, 2.75) is 16.8 Å². The molecule has 0 aliphatic rings. The van der Waals surface area contributed by atoms with Gasteiger partial charge in [-0.1, -0.05) is 29.8 Å². The van der Waals surface area contributed by atoms with Crippen molar-refractivity contribution < 1.29 is 26.4 Å². The minimum atomic E-state index is -4.59. The summed E-state index contributed by atoms with van der Waals surface area (Å²) in [5.41, 5.74) is 0.250. The van der Waals surface area contributed by atoms with E-state index in [0.717, 1.165) is 17.7 Å². The standard InChI is InChI=1S/C22H18ClF3N2O3S2/c23-17-6-4-15(5-7-17)13-32-14-21(29)27-18-8-10-20(11-9-18)33(30,31)28-19-3-1-2-16(12-19)22(24,25)26/h1-12,28H,13-14H2,(H,27,29). The van der Waals surface area contributed by atoms with Crippen LogP contribution in [0.1, 0.15) is 11.1 Å². The third-order valence-corrected chi connectivity index (χ3v) is 6.96. The van der Waals surface area contributed by atoms with Gasteiger partial charge in [-0.25, -0.2) is 8.42 Å². The van der Waals surface area contributed by atoms with Crippen LogP contribution in [0.5, 0.6) is 0 Å². The van der Waals surface area contributed by atoms with Crippen LogP contribution in [0.2, 0.25) is 5.02 Å². The van der Waals surface area contributed by atoms with Crippen LogP contribution in [0.15, 0.2) is 77.7 Å². The van der Waals surface area contributed by atoms with Gasteiger partial charge in [-0.05, 0) is 60.2 Å². The molecule has 0 radical (unpaired) electrons. The molecule has 0 bridgehead atoms. The van der Waals surface area contributed by atoms with Crippen LogP contribution in [0.3, 0.4) is 0 Å². The summed E-state index contributed by atoms with van der Waals surface area (Å²) in [5.74, 6) is 0.564. The number of hydrogen-bond donors (Lipinski definition) is 2. The number of halogens is 4. The predicted octanol–water partition coefficient (Wildman–Crippen LogP) is 6.03. The van der Waals surface area contributed by atoms with Crippen molar-refractivity contribution in [1.82, 2.24) is 0 Å². The SMILES string of the molecule is O=C(CSCc1ccc(Cl)cc1)Nc1ccc(S(=O)(=O)Nc2cccc(C(F)(F)F)c2)cc1. The number of anilines is 2. The Kier molecular flexibility index (Phi) is 7.93. The van der Waals surface area contributed by atoms with Crippen LogP contribution >= 0.6 is 23.4 Å². The molecule has 33 heavy (non-hydrogen) atoms. The number of alkyl halides is 3. The number of thioether (sulfide) groups is 1. The van der Waals surface area contributed by atoms with Gasteiger partial charge < -0.3 is 5.32 Å². The van der Waals surface area contributed by atoms with Crippen LogP contribution < -0.4 is 10.0 Å². The van der Waals surface area contributed by atoms with E-state index in [1.54, 1.807) is 12.1 Å². The lowest BCUT2D eigenvalue weighted by Crippen LogP contribution is -2.15. The fourth-order valence-corrected chi connectivity index (χ4v) is 4.69. The maximum Gasteiger partial charge on any atom is 0.416 e. The second-order valence-corrected chi connectivity index (χ2v) is 9.98. The number of sulfonamides is 1. The Morgan fingerprint density at radius 2 is 1.61 bits per heavy atom. The molecule has 0 aliphatic heterocycles. The van der Waals surface area contributed by atoms with Gasteiger partial charge in [0.2, 0.25) is 5.91 Å². The first-order valence-electron chi connectivity index (χ1n) is 9.45. The molecule has 0 aliphatic carbocycles. The van der Waals surface area contributed by atoms with Crippen LogP contribution in [-0.4, -0.2) is 20.1 Å². The molecule has 0 saturated carbocycles. The molecule has 3 aromatic rings. The molecular formula is C22H18ClF3N2O3S2. The lowest BCUT2D eigenvalue weighted by atomic mass is 10.2. The molecule has 0 atom stereocenters. The van der Waals surface area contributed by atoms with E-state index in [1.165, 1.54) is 42.1 Å². The van der Waals surface area contributed by atoms with Crippen molar-refractivity contribution in [3.8, 4) is 0 Å². The fraction of sp³-hybridized carbons (Fsp3) is 0.136. The predicted molar refractivity (Wildman–Crippen MR) is 125 cm³/mol. The molecule has 3 rings (SSSR count). The van der Waals surface area contributed by atoms with Gasteiger partial charge in [0.15, 0.2) is 0 Å². The summed E-state index contributed by atoms with van der Waals surface area (Å²) in [6.45, 7) is 0. The maximum atomic E-state index is 12.8. The van der Waals surface area contributed by atoms with E-state index in [-0.39, 0.29) is 22.2 Å². The van der Waals surface area contributed by atoms with Gasteiger partial charge in [0, 0.05) is 22.2 Å². The molecular weight excluding hydrogens is 497 g/mol. The highest BCUT2D eigenvalue weighted by atomic mass is 35.5. The Hall–Kier alpha value is -2.69. The van der Waals surface area contributed by atoms with Gasteiger partial charge >= 0.3 is 6.18 Å². The average molecular weight is 515 g/mol. The van der Waals surface area contributed by atoms with Gasteiger partial charge in [0.1, 0.15) is 0 Å². The summed E-state index contributed by atoms with van der Waals surface area (Å²) >= 11 is 7.25. The molecule has 3 aromatic carbocycles. The topological polar surface area (TPSA) is 75.3 Å². The van der Waals surface area contributed by atoms with Gasteiger partial charge in [0.25, 0.3) is 10.0 Å². The zero-order valence-electron chi connectivity index (χ0n) is 16.9. The summed E-state index contributed by atoms with van der Waals surface area (Å²) in [6.07, 6.45) is -4.59. The minimum Gasteiger partial charge on any atom is -0.325 e.